The largest absolute Gasteiger partial charge is 0.493 e. The van der Waals surface area contributed by atoms with Gasteiger partial charge >= 0.3 is 11.8 Å². The molecule has 0 saturated heterocycles. The molecule has 0 aliphatic heterocycles. The van der Waals surface area contributed by atoms with E-state index >= 15 is 0 Å². The number of amides is 3. The van der Waals surface area contributed by atoms with E-state index in [1.165, 1.54) is 37.6 Å². The smallest absolute Gasteiger partial charge is 0.329 e. The van der Waals surface area contributed by atoms with Gasteiger partial charge in [-0.25, -0.2) is 9.82 Å². The Kier molecular flexibility index (Phi) is 9.15. The number of carbonyl (C=O) groups is 3. The van der Waals surface area contributed by atoms with E-state index in [-0.39, 0.29) is 12.5 Å². The van der Waals surface area contributed by atoms with E-state index in [0.717, 1.165) is 0 Å². The van der Waals surface area contributed by atoms with E-state index in [4.69, 9.17) is 9.47 Å². The fraction of sp³-hybridized carbons (Fsp3) is 0.273. The molecule has 0 fully saturated rings. The van der Waals surface area contributed by atoms with Crippen molar-refractivity contribution in [2.45, 2.75) is 13.8 Å². The highest BCUT2D eigenvalue weighted by molar-refractivity contribution is 6.35. The molecule has 0 unspecified atom stereocenters. The summed E-state index contributed by atoms with van der Waals surface area (Å²) in [5.41, 5.74) is 3.15. The number of hydrogen-bond acceptors (Lipinski definition) is 6. The molecule has 0 bridgehead atoms. The van der Waals surface area contributed by atoms with Crippen LogP contribution in [0.1, 0.15) is 19.4 Å². The third kappa shape index (κ3) is 8.05. The first-order valence-corrected chi connectivity index (χ1v) is 9.76. The van der Waals surface area contributed by atoms with Gasteiger partial charge in [0.2, 0.25) is 0 Å². The molecule has 3 amide bonds. The van der Waals surface area contributed by atoms with Crippen LogP contribution in [-0.4, -0.2) is 44.2 Å². The Morgan fingerprint density at radius 3 is 2.44 bits per heavy atom. The van der Waals surface area contributed by atoms with E-state index in [1.807, 2.05) is 13.8 Å². The van der Waals surface area contributed by atoms with Gasteiger partial charge in [0.25, 0.3) is 5.91 Å². The number of hydrogen-bond donors (Lipinski definition) is 3. The molecule has 3 N–H and O–H groups in total. The Hall–Kier alpha value is -3.95. The Labute approximate surface area is 185 Å². The van der Waals surface area contributed by atoms with Gasteiger partial charge in [-0.3, -0.25) is 14.4 Å². The van der Waals surface area contributed by atoms with Gasteiger partial charge in [-0.2, -0.15) is 5.10 Å². The van der Waals surface area contributed by atoms with Crippen molar-refractivity contribution < 1.29 is 28.2 Å². The average Bonchev–Trinajstić information content (AvgIpc) is 2.77. The maximum absolute atomic E-state index is 12.9. The van der Waals surface area contributed by atoms with Crippen LogP contribution in [-0.2, 0) is 14.4 Å². The van der Waals surface area contributed by atoms with Gasteiger partial charge in [-0.1, -0.05) is 13.8 Å². The number of nitrogens with one attached hydrogen (secondary N) is 3. The van der Waals surface area contributed by atoms with Crippen LogP contribution in [0.15, 0.2) is 47.6 Å². The van der Waals surface area contributed by atoms with Crippen LogP contribution >= 0.6 is 0 Å². The minimum Gasteiger partial charge on any atom is -0.493 e. The van der Waals surface area contributed by atoms with Gasteiger partial charge in [0, 0.05) is 12.2 Å². The van der Waals surface area contributed by atoms with Crippen molar-refractivity contribution >= 4 is 29.6 Å². The van der Waals surface area contributed by atoms with Crippen molar-refractivity contribution in [1.82, 2.24) is 10.7 Å². The van der Waals surface area contributed by atoms with Crippen molar-refractivity contribution in [3.8, 4) is 11.5 Å². The monoisotopic (exact) mass is 444 g/mol. The second kappa shape index (κ2) is 12.0. The molecular formula is C22H25FN4O5. The summed E-state index contributed by atoms with van der Waals surface area (Å²) < 4.78 is 23.7. The molecule has 2 aromatic carbocycles. The van der Waals surface area contributed by atoms with E-state index < -0.39 is 23.5 Å². The molecule has 170 valence electrons. The molecule has 2 aromatic rings. The molecule has 0 aliphatic rings. The van der Waals surface area contributed by atoms with E-state index in [1.54, 1.807) is 18.2 Å². The first-order valence-electron chi connectivity index (χ1n) is 9.76. The zero-order valence-electron chi connectivity index (χ0n) is 18.0. The molecule has 0 aromatic heterocycles. The minimum atomic E-state index is -0.874. The van der Waals surface area contributed by atoms with E-state index in [2.05, 4.69) is 21.2 Å². The fourth-order valence-corrected chi connectivity index (χ4v) is 2.35. The fourth-order valence-electron chi connectivity index (χ4n) is 2.35. The van der Waals surface area contributed by atoms with Gasteiger partial charge in [0.1, 0.15) is 5.82 Å². The summed E-state index contributed by atoms with van der Waals surface area (Å²) in [6.45, 7) is 3.92. The molecule has 0 saturated carbocycles. The average molecular weight is 444 g/mol. The normalized spacial score (nSPS) is 10.7. The molecule has 32 heavy (non-hydrogen) atoms. The Bertz CT molecular complexity index is 977. The van der Waals surface area contributed by atoms with Crippen molar-refractivity contribution in [3.63, 3.8) is 0 Å². The van der Waals surface area contributed by atoms with Crippen LogP contribution in [0.5, 0.6) is 11.5 Å². The van der Waals surface area contributed by atoms with Crippen molar-refractivity contribution in [1.29, 1.82) is 0 Å². The number of hydrazone groups is 1. The van der Waals surface area contributed by atoms with Crippen molar-refractivity contribution in [2.75, 3.05) is 25.6 Å². The summed E-state index contributed by atoms with van der Waals surface area (Å²) in [6, 6.07) is 10.1. The highest BCUT2D eigenvalue weighted by Gasteiger charge is 2.12. The van der Waals surface area contributed by atoms with Crippen LogP contribution in [0, 0.1) is 11.7 Å². The topological polar surface area (TPSA) is 118 Å². The van der Waals surface area contributed by atoms with Crippen molar-refractivity contribution in [2.24, 2.45) is 11.0 Å². The molecule has 0 heterocycles. The summed E-state index contributed by atoms with van der Waals surface area (Å²) in [5.74, 6) is -1.60. The number of anilines is 1. The molecule has 10 heteroatoms. The maximum atomic E-state index is 12.9. The highest BCUT2D eigenvalue weighted by atomic mass is 19.1. The number of carbonyl (C=O) groups excluding carboxylic acids is 3. The Balaban J connectivity index is 1.89. The quantitative estimate of drug-likeness (QED) is 0.311. The second-order valence-electron chi connectivity index (χ2n) is 7.06. The molecule has 9 nitrogen and oxygen atoms in total. The summed E-state index contributed by atoms with van der Waals surface area (Å²) in [4.78, 5) is 35.3. The summed E-state index contributed by atoms with van der Waals surface area (Å²) in [6.07, 6.45) is 1.33. The molecule has 0 aliphatic carbocycles. The Morgan fingerprint density at radius 1 is 1.06 bits per heavy atom. The first kappa shape index (κ1) is 24.3. The predicted molar refractivity (Wildman–Crippen MR) is 117 cm³/mol. The zero-order chi connectivity index (χ0) is 23.5. The highest BCUT2D eigenvalue weighted by Crippen LogP contribution is 2.27. The Morgan fingerprint density at radius 2 is 1.78 bits per heavy atom. The molecule has 0 radical (unpaired) electrons. The minimum absolute atomic E-state index is 0.220. The number of methoxy groups -OCH3 is 1. The van der Waals surface area contributed by atoms with Crippen LogP contribution < -0.4 is 25.5 Å². The maximum Gasteiger partial charge on any atom is 0.329 e. The molecule has 0 spiro atoms. The van der Waals surface area contributed by atoms with Gasteiger partial charge in [0.15, 0.2) is 18.1 Å². The first-order chi connectivity index (χ1) is 15.3. The lowest BCUT2D eigenvalue weighted by Crippen LogP contribution is -2.39. The van der Waals surface area contributed by atoms with Gasteiger partial charge in [-0.05, 0) is 53.9 Å². The zero-order valence-corrected chi connectivity index (χ0v) is 18.0. The van der Waals surface area contributed by atoms with Gasteiger partial charge < -0.3 is 20.1 Å². The van der Waals surface area contributed by atoms with Crippen molar-refractivity contribution in [3.05, 3.63) is 53.8 Å². The number of rotatable bonds is 9. The second-order valence-corrected chi connectivity index (χ2v) is 7.06. The van der Waals surface area contributed by atoms with Gasteiger partial charge in [0.05, 0.1) is 13.3 Å². The SMILES string of the molecule is COc1cc(/C=N\NC(=O)C(=O)NCC(C)C)ccc1OCC(=O)Nc1ccc(F)cc1. The standard InChI is InChI=1S/C22H25FN4O5/c1-14(2)11-24-21(29)22(30)27-25-12-15-4-9-18(19(10-15)31-3)32-13-20(28)26-17-7-5-16(23)6-8-17/h4-10,12,14H,11,13H2,1-3H3,(H,24,29)(H,26,28)(H,27,30)/b25-12-. The number of halogens is 1. The lowest BCUT2D eigenvalue weighted by atomic mass is 10.2. The molecule has 2 rings (SSSR count). The number of benzene rings is 2. The van der Waals surface area contributed by atoms with Crippen LogP contribution in [0.4, 0.5) is 10.1 Å². The molecule has 0 atom stereocenters. The summed E-state index contributed by atoms with van der Waals surface area (Å²) >= 11 is 0. The van der Waals surface area contributed by atoms with Crippen LogP contribution in [0.2, 0.25) is 0 Å². The molecular weight excluding hydrogens is 419 g/mol. The predicted octanol–water partition coefficient (Wildman–Crippen LogP) is 2.07. The van der Waals surface area contributed by atoms with Gasteiger partial charge in [-0.15, -0.1) is 0 Å². The summed E-state index contributed by atoms with van der Waals surface area (Å²) in [7, 11) is 1.43. The number of ether oxygens (including phenoxy) is 2. The third-order valence-electron chi connectivity index (χ3n) is 3.93. The lowest BCUT2D eigenvalue weighted by Gasteiger charge is -2.11. The number of nitrogens with zero attached hydrogens (tertiary/aromatic N) is 1. The lowest BCUT2D eigenvalue weighted by molar-refractivity contribution is -0.139. The van der Waals surface area contributed by atoms with Crippen LogP contribution in [0.3, 0.4) is 0 Å². The third-order valence-corrected chi connectivity index (χ3v) is 3.93. The van der Waals surface area contributed by atoms with Crippen LogP contribution in [0.25, 0.3) is 0 Å². The van der Waals surface area contributed by atoms with E-state index in [0.29, 0.717) is 29.3 Å². The van der Waals surface area contributed by atoms with E-state index in [9.17, 15) is 18.8 Å². The summed E-state index contributed by atoms with van der Waals surface area (Å²) in [5, 5.41) is 8.82.